The van der Waals surface area contributed by atoms with Gasteiger partial charge in [0.25, 0.3) is 0 Å². The predicted molar refractivity (Wildman–Crippen MR) is 115 cm³/mol. The van der Waals surface area contributed by atoms with Gasteiger partial charge in [-0.15, -0.1) is 0 Å². The van der Waals surface area contributed by atoms with Crippen molar-refractivity contribution in [1.82, 2.24) is 4.90 Å². The Morgan fingerprint density at radius 2 is 1.72 bits per heavy atom. The molecular formula is C24H26ClNO3. The molecular weight excluding hydrogens is 386 g/mol. The average molecular weight is 412 g/mol. The Labute approximate surface area is 177 Å². The number of carbonyl (C=O) groups excluding carboxylic acids is 1. The summed E-state index contributed by atoms with van der Waals surface area (Å²) in [5.41, 5.74) is 3.97. The number of ketones is 1. The van der Waals surface area contributed by atoms with E-state index in [1.54, 1.807) is 14.2 Å². The minimum absolute atomic E-state index is 0.129. The zero-order valence-electron chi connectivity index (χ0n) is 16.9. The van der Waals surface area contributed by atoms with E-state index in [4.69, 9.17) is 21.1 Å². The molecule has 0 unspecified atom stereocenters. The van der Waals surface area contributed by atoms with Crippen LogP contribution in [0.15, 0.2) is 48.0 Å². The van der Waals surface area contributed by atoms with E-state index >= 15 is 0 Å². The van der Waals surface area contributed by atoms with Gasteiger partial charge in [-0.2, -0.15) is 0 Å². The molecule has 0 bridgehead atoms. The quantitative estimate of drug-likeness (QED) is 0.653. The molecule has 0 amide bonds. The maximum atomic E-state index is 12.9. The molecule has 2 aliphatic rings. The maximum Gasteiger partial charge on any atom is 0.189 e. The van der Waals surface area contributed by atoms with Crippen LogP contribution in [-0.2, 0) is 13.0 Å². The minimum atomic E-state index is 0.129. The smallest absolute Gasteiger partial charge is 0.189 e. The number of hydrogen-bond donors (Lipinski definition) is 0. The molecule has 152 valence electrons. The summed E-state index contributed by atoms with van der Waals surface area (Å²) < 4.78 is 10.7. The van der Waals surface area contributed by atoms with Gasteiger partial charge in [-0.1, -0.05) is 29.8 Å². The lowest BCUT2D eigenvalue weighted by atomic mass is 9.93. The second kappa shape index (κ2) is 8.60. The molecule has 29 heavy (non-hydrogen) atoms. The summed E-state index contributed by atoms with van der Waals surface area (Å²) in [6, 6.07) is 11.8. The monoisotopic (exact) mass is 411 g/mol. The van der Waals surface area contributed by atoms with Crippen molar-refractivity contribution in [3.05, 3.63) is 69.8 Å². The zero-order chi connectivity index (χ0) is 20.4. The van der Waals surface area contributed by atoms with Crippen LogP contribution < -0.4 is 9.47 Å². The number of fused-ring (bicyclic) bond motifs is 1. The number of Topliss-reactive ketones (excluding diaryl/α,β-unsaturated/α-hetero) is 1. The Balaban J connectivity index is 1.39. The number of nitrogens with zero attached hydrogens (tertiary/aromatic N) is 1. The van der Waals surface area contributed by atoms with Crippen LogP contribution in [0.25, 0.3) is 0 Å². The maximum absolute atomic E-state index is 12.9. The number of rotatable bonds is 5. The van der Waals surface area contributed by atoms with Gasteiger partial charge in [-0.3, -0.25) is 9.69 Å². The molecule has 2 aromatic rings. The van der Waals surface area contributed by atoms with Crippen molar-refractivity contribution in [2.24, 2.45) is 5.92 Å². The molecule has 0 atom stereocenters. The molecule has 4 nitrogen and oxygen atoms in total. The second-order valence-corrected chi connectivity index (χ2v) is 8.24. The van der Waals surface area contributed by atoms with E-state index in [2.05, 4.69) is 23.1 Å². The molecule has 1 aliphatic carbocycles. The van der Waals surface area contributed by atoms with E-state index in [0.29, 0.717) is 23.8 Å². The lowest BCUT2D eigenvalue weighted by molar-refractivity contribution is 0.103. The lowest BCUT2D eigenvalue weighted by Gasteiger charge is -2.31. The summed E-state index contributed by atoms with van der Waals surface area (Å²) in [6.07, 6.45) is 5.04. The molecule has 1 saturated heterocycles. The second-order valence-electron chi connectivity index (χ2n) is 7.80. The van der Waals surface area contributed by atoms with Crippen molar-refractivity contribution < 1.29 is 14.3 Å². The summed E-state index contributed by atoms with van der Waals surface area (Å²) in [6.45, 7) is 3.03. The third-order valence-electron chi connectivity index (χ3n) is 5.92. The molecule has 1 aliphatic heterocycles. The molecule has 0 saturated carbocycles. The SMILES string of the molecule is COc1cc2c(cc1OC)C(=O)/C(=C\C1CCN(Cc3ccc(Cl)cc3)CC1)C2. The van der Waals surface area contributed by atoms with Gasteiger partial charge < -0.3 is 9.47 Å². The van der Waals surface area contributed by atoms with E-state index in [9.17, 15) is 4.79 Å². The summed E-state index contributed by atoms with van der Waals surface area (Å²) in [5, 5.41) is 0.775. The molecule has 1 fully saturated rings. The third-order valence-corrected chi connectivity index (χ3v) is 6.17. The summed E-state index contributed by atoms with van der Waals surface area (Å²) in [5.74, 6) is 1.87. The number of methoxy groups -OCH3 is 2. The van der Waals surface area contributed by atoms with Crippen LogP contribution in [0, 0.1) is 5.92 Å². The van der Waals surface area contributed by atoms with Crippen LogP contribution >= 0.6 is 11.6 Å². The summed E-state index contributed by atoms with van der Waals surface area (Å²) in [4.78, 5) is 15.4. The van der Waals surface area contributed by atoms with Crippen molar-refractivity contribution >= 4 is 17.4 Å². The number of allylic oxidation sites excluding steroid dienone is 2. The Hall–Kier alpha value is -2.30. The third kappa shape index (κ3) is 4.34. The first-order valence-corrected chi connectivity index (χ1v) is 10.4. The van der Waals surface area contributed by atoms with E-state index in [0.717, 1.165) is 54.2 Å². The normalized spacial score (nSPS) is 18.9. The van der Waals surface area contributed by atoms with Crippen molar-refractivity contribution in [2.75, 3.05) is 27.3 Å². The van der Waals surface area contributed by atoms with E-state index in [1.165, 1.54) is 5.56 Å². The van der Waals surface area contributed by atoms with Gasteiger partial charge >= 0.3 is 0 Å². The Morgan fingerprint density at radius 1 is 1.07 bits per heavy atom. The molecule has 0 aromatic heterocycles. The van der Waals surface area contributed by atoms with Gasteiger partial charge in [0, 0.05) is 29.1 Å². The molecule has 5 heteroatoms. The van der Waals surface area contributed by atoms with Crippen LogP contribution in [0.4, 0.5) is 0 Å². The molecule has 0 spiro atoms. The van der Waals surface area contributed by atoms with E-state index < -0.39 is 0 Å². The average Bonchev–Trinajstić information content (AvgIpc) is 3.04. The van der Waals surface area contributed by atoms with Crippen LogP contribution in [0.5, 0.6) is 11.5 Å². The number of likely N-dealkylation sites (tertiary alicyclic amines) is 1. The topological polar surface area (TPSA) is 38.8 Å². The number of hydrogen-bond acceptors (Lipinski definition) is 4. The molecule has 0 radical (unpaired) electrons. The van der Waals surface area contributed by atoms with Crippen LogP contribution in [0.1, 0.15) is 34.3 Å². The highest BCUT2D eigenvalue weighted by molar-refractivity contribution is 6.30. The first kappa shape index (κ1) is 20.0. The zero-order valence-corrected chi connectivity index (χ0v) is 17.7. The van der Waals surface area contributed by atoms with Crippen molar-refractivity contribution in [2.45, 2.75) is 25.8 Å². The molecule has 1 heterocycles. The molecule has 0 N–H and O–H groups in total. The Morgan fingerprint density at radius 3 is 2.38 bits per heavy atom. The summed E-state index contributed by atoms with van der Waals surface area (Å²) >= 11 is 5.97. The van der Waals surface area contributed by atoms with Crippen LogP contribution in [0.2, 0.25) is 5.02 Å². The van der Waals surface area contributed by atoms with E-state index in [1.807, 2.05) is 24.3 Å². The van der Waals surface area contributed by atoms with E-state index in [-0.39, 0.29) is 5.78 Å². The van der Waals surface area contributed by atoms with Crippen LogP contribution in [-0.4, -0.2) is 38.0 Å². The number of carbonyl (C=O) groups is 1. The molecule has 4 rings (SSSR count). The predicted octanol–water partition coefficient (Wildman–Crippen LogP) is 4.93. The number of ether oxygens (including phenoxy) is 2. The fourth-order valence-corrected chi connectivity index (χ4v) is 4.41. The van der Waals surface area contributed by atoms with Crippen molar-refractivity contribution in [3.8, 4) is 11.5 Å². The van der Waals surface area contributed by atoms with Crippen molar-refractivity contribution in [3.63, 3.8) is 0 Å². The number of piperidine rings is 1. The lowest BCUT2D eigenvalue weighted by Crippen LogP contribution is -2.32. The Kier molecular flexibility index (Phi) is 5.93. The molecule has 2 aromatic carbocycles. The fourth-order valence-electron chi connectivity index (χ4n) is 4.28. The first-order valence-electron chi connectivity index (χ1n) is 10.0. The van der Waals surface area contributed by atoms with Gasteiger partial charge in [0.15, 0.2) is 17.3 Å². The number of benzene rings is 2. The van der Waals surface area contributed by atoms with Gasteiger partial charge in [0.2, 0.25) is 0 Å². The standard InChI is InChI=1S/C24H26ClNO3/c1-28-22-13-18-12-19(24(27)21(18)14-23(22)29-2)11-16-7-9-26(10-8-16)15-17-3-5-20(25)6-4-17/h3-6,11,13-14,16H,7-10,12,15H2,1-2H3/b19-11-. The minimum Gasteiger partial charge on any atom is -0.493 e. The highest BCUT2D eigenvalue weighted by Crippen LogP contribution is 2.37. The van der Waals surface area contributed by atoms with Gasteiger partial charge in [-0.05, 0) is 67.2 Å². The first-order chi connectivity index (χ1) is 14.1. The fraction of sp³-hybridized carbons (Fsp3) is 0.375. The summed E-state index contributed by atoms with van der Waals surface area (Å²) in [7, 11) is 3.22. The van der Waals surface area contributed by atoms with Crippen LogP contribution in [0.3, 0.4) is 0 Å². The van der Waals surface area contributed by atoms with Gasteiger partial charge in [-0.25, -0.2) is 0 Å². The highest BCUT2D eigenvalue weighted by Gasteiger charge is 2.28. The van der Waals surface area contributed by atoms with Crippen molar-refractivity contribution in [1.29, 1.82) is 0 Å². The largest absolute Gasteiger partial charge is 0.493 e. The van der Waals surface area contributed by atoms with Gasteiger partial charge in [0.1, 0.15) is 0 Å². The Bertz CT molecular complexity index is 928. The highest BCUT2D eigenvalue weighted by atomic mass is 35.5. The van der Waals surface area contributed by atoms with Gasteiger partial charge in [0.05, 0.1) is 14.2 Å². The number of halogens is 1.